The molecule has 2 aliphatic rings. The summed E-state index contributed by atoms with van der Waals surface area (Å²) in [6, 6.07) is 8.72. The first-order valence-corrected chi connectivity index (χ1v) is 12.8. The topological polar surface area (TPSA) is 101 Å². The van der Waals surface area contributed by atoms with Crippen molar-refractivity contribution in [3.8, 4) is 23.1 Å². The van der Waals surface area contributed by atoms with Gasteiger partial charge in [0.2, 0.25) is 5.88 Å². The standard InChI is InChI=1S/C27H36FN5O3/c1-19(16-34-2)32-21-3-5-22(6-4-21)33-25-14-23(24(28)15-31-25)20-7-10-30-26(13-20)36-18-27(17-29)8-11-35-12-9-27/h7,10,13-15,19,21-22,32H,3-6,8-9,11-12,16,18H2,1-2H3,(H,31,33)/t19-,21?,22?/m1/s1. The van der Waals surface area contributed by atoms with Crippen LogP contribution in [0.25, 0.3) is 11.1 Å². The summed E-state index contributed by atoms with van der Waals surface area (Å²) in [5.74, 6) is 0.615. The van der Waals surface area contributed by atoms with Gasteiger partial charge in [-0.2, -0.15) is 5.26 Å². The molecule has 0 amide bonds. The van der Waals surface area contributed by atoms with Crippen molar-refractivity contribution in [1.82, 2.24) is 15.3 Å². The number of nitrogens with zero attached hydrogens (tertiary/aromatic N) is 3. The van der Waals surface area contributed by atoms with Crippen molar-refractivity contribution in [3.05, 3.63) is 36.4 Å². The highest BCUT2D eigenvalue weighted by Gasteiger charge is 2.34. The number of nitriles is 1. The minimum absolute atomic E-state index is 0.233. The van der Waals surface area contributed by atoms with Gasteiger partial charge < -0.3 is 24.8 Å². The number of hydrogen-bond donors (Lipinski definition) is 2. The summed E-state index contributed by atoms with van der Waals surface area (Å²) in [4.78, 5) is 8.55. The van der Waals surface area contributed by atoms with Gasteiger partial charge in [0.15, 0.2) is 0 Å². The van der Waals surface area contributed by atoms with Crippen molar-refractivity contribution in [2.75, 3.05) is 38.9 Å². The van der Waals surface area contributed by atoms with Crippen LogP contribution < -0.4 is 15.4 Å². The molecule has 8 nitrogen and oxygen atoms in total. The predicted octanol–water partition coefficient (Wildman–Crippen LogP) is 4.33. The highest BCUT2D eigenvalue weighted by molar-refractivity contribution is 5.67. The van der Waals surface area contributed by atoms with E-state index in [0.717, 1.165) is 25.7 Å². The Labute approximate surface area is 212 Å². The second-order valence-electron chi connectivity index (χ2n) is 9.94. The molecule has 2 fully saturated rings. The molecule has 1 atom stereocenters. The number of aromatic nitrogens is 2. The van der Waals surface area contributed by atoms with Crippen molar-refractivity contribution >= 4 is 5.82 Å². The fourth-order valence-corrected chi connectivity index (χ4v) is 4.97. The van der Waals surface area contributed by atoms with Crippen LogP contribution in [0.4, 0.5) is 10.2 Å². The fourth-order valence-electron chi connectivity index (χ4n) is 4.97. The molecule has 1 aliphatic carbocycles. The number of hydrogen-bond acceptors (Lipinski definition) is 8. The van der Waals surface area contributed by atoms with Crippen LogP contribution in [-0.4, -0.2) is 61.6 Å². The first-order chi connectivity index (χ1) is 17.5. The van der Waals surface area contributed by atoms with E-state index in [-0.39, 0.29) is 6.61 Å². The van der Waals surface area contributed by atoms with Crippen molar-refractivity contribution in [3.63, 3.8) is 0 Å². The summed E-state index contributed by atoms with van der Waals surface area (Å²) >= 11 is 0. The zero-order valence-corrected chi connectivity index (χ0v) is 21.1. The van der Waals surface area contributed by atoms with E-state index in [2.05, 4.69) is 33.6 Å². The SMILES string of the molecule is COC[C@@H](C)NC1CCC(Nc2cc(-c3ccnc(OCC4(C#N)CCOCC4)c3)c(F)cn2)CC1. The van der Waals surface area contributed by atoms with Gasteiger partial charge in [0.25, 0.3) is 0 Å². The van der Waals surface area contributed by atoms with Crippen molar-refractivity contribution in [1.29, 1.82) is 5.26 Å². The van der Waals surface area contributed by atoms with Crippen LogP contribution in [0.3, 0.4) is 0 Å². The Morgan fingerprint density at radius 3 is 2.67 bits per heavy atom. The van der Waals surface area contributed by atoms with Gasteiger partial charge in [-0.1, -0.05) is 0 Å². The number of pyridine rings is 2. The maximum absolute atomic E-state index is 14.8. The molecule has 0 spiro atoms. The quantitative estimate of drug-likeness (QED) is 0.500. The Kier molecular flexibility index (Phi) is 9.08. The maximum Gasteiger partial charge on any atom is 0.213 e. The smallest absolute Gasteiger partial charge is 0.213 e. The third-order valence-corrected chi connectivity index (χ3v) is 7.10. The van der Waals surface area contributed by atoms with E-state index >= 15 is 0 Å². The molecule has 0 radical (unpaired) electrons. The molecular formula is C27H36FN5O3. The Morgan fingerprint density at radius 1 is 1.19 bits per heavy atom. The van der Waals surface area contributed by atoms with E-state index in [1.165, 1.54) is 6.20 Å². The lowest BCUT2D eigenvalue weighted by molar-refractivity contribution is 0.0183. The molecule has 2 aromatic rings. The number of rotatable bonds is 10. The molecule has 1 saturated heterocycles. The Balaban J connectivity index is 1.37. The van der Waals surface area contributed by atoms with Crippen LogP contribution >= 0.6 is 0 Å². The molecule has 1 aliphatic heterocycles. The molecule has 0 unspecified atom stereocenters. The second kappa shape index (κ2) is 12.4. The van der Waals surface area contributed by atoms with Gasteiger partial charge in [-0.05, 0) is 63.1 Å². The van der Waals surface area contributed by atoms with E-state index < -0.39 is 11.2 Å². The number of nitrogens with one attached hydrogen (secondary N) is 2. The summed E-state index contributed by atoms with van der Waals surface area (Å²) in [6.07, 6.45) is 8.28. The van der Waals surface area contributed by atoms with Gasteiger partial charge >= 0.3 is 0 Å². The van der Waals surface area contributed by atoms with E-state index in [4.69, 9.17) is 14.2 Å². The highest BCUT2D eigenvalue weighted by atomic mass is 19.1. The zero-order chi connectivity index (χ0) is 25.4. The summed E-state index contributed by atoms with van der Waals surface area (Å²) in [6.45, 7) is 4.17. The summed E-state index contributed by atoms with van der Waals surface area (Å²) in [5, 5.41) is 16.8. The Bertz CT molecular complexity index is 1030. The van der Waals surface area contributed by atoms with Crippen LogP contribution in [0.1, 0.15) is 45.4 Å². The van der Waals surface area contributed by atoms with E-state index in [1.54, 1.807) is 31.5 Å². The molecule has 2 aromatic heterocycles. The van der Waals surface area contributed by atoms with Crippen molar-refractivity contribution < 1.29 is 18.6 Å². The molecule has 4 rings (SSSR count). The fraction of sp³-hybridized carbons (Fsp3) is 0.593. The third kappa shape index (κ3) is 6.90. The minimum Gasteiger partial charge on any atom is -0.476 e. The summed E-state index contributed by atoms with van der Waals surface area (Å²) < 4.78 is 31.3. The van der Waals surface area contributed by atoms with Crippen molar-refractivity contribution in [2.24, 2.45) is 5.41 Å². The highest BCUT2D eigenvalue weighted by Crippen LogP contribution is 2.32. The molecule has 3 heterocycles. The number of anilines is 1. The minimum atomic E-state index is -0.578. The van der Waals surface area contributed by atoms with Crippen LogP contribution in [0, 0.1) is 22.6 Å². The number of ether oxygens (including phenoxy) is 3. The first-order valence-electron chi connectivity index (χ1n) is 12.8. The average molecular weight is 498 g/mol. The van der Waals surface area contributed by atoms with E-state index in [1.807, 2.05) is 0 Å². The molecule has 194 valence electrons. The number of methoxy groups -OCH3 is 1. The molecule has 2 N–H and O–H groups in total. The average Bonchev–Trinajstić information content (AvgIpc) is 2.90. The van der Waals surface area contributed by atoms with Gasteiger partial charge in [-0.15, -0.1) is 0 Å². The Hall–Kier alpha value is -2.80. The van der Waals surface area contributed by atoms with Crippen LogP contribution in [0.5, 0.6) is 5.88 Å². The normalized spacial score (nSPS) is 22.4. The van der Waals surface area contributed by atoms with E-state index in [0.29, 0.717) is 73.6 Å². The van der Waals surface area contributed by atoms with Gasteiger partial charge in [0, 0.05) is 56.3 Å². The van der Waals surface area contributed by atoms with Gasteiger partial charge in [-0.25, -0.2) is 14.4 Å². The van der Waals surface area contributed by atoms with Gasteiger partial charge in [-0.3, -0.25) is 0 Å². The van der Waals surface area contributed by atoms with Crippen LogP contribution in [0.15, 0.2) is 30.6 Å². The van der Waals surface area contributed by atoms with Gasteiger partial charge in [0.05, 0.1) is 24.3 Å². The summed E-state index contributed by atoms with van der Waals surface area (Å²) in [5.41, 5.74) is 0.510. The lowest BCUT2D eigenvalue weighted by Gasteiger charge is -2.31. The molecule has 1 saturated carbocycles. The Morgan fingerprint density at radius 2 is 1.94 bits per heavy atom. The molecule has 0 bridgehead atoms. The maximum atomic E-state index is 14.8. The predicted molar refractivity (Wildman–Crippen MR) is 135 cm³/mol. The van der Waals surface area contributed by atoms with E-state index in [9.17, 15) is 9.65 Å². The van der Waals surface area contributed by atoms with Crippen LogP contribution in [-0.2, 0) is 9.47 Å². The monoisotopic (exact) mass is 497 g/mol. The lowest BCUT2D eigenvalue weighted by Crippen LogP contribution is -2.42. The second-order valence-corrected chi connectivity index (χ2v) is 9.94. The van der Waals surface area contributed by atoms with Crippen LogP contribution in [0.2, 0.25) is 0 Å². The van der Waals surface area contributed by atoms with Gasteiger partial charge in [0.1, 0.15) is 18.2 Å². The third-order valence-electron chi connectivity index (χ3n) is 7.10. The zero-order valence-electron chi connectivity index (χ0n) is 21.1. The largest absolute Gasteiger partial charge is 0.476 e. The molecule has 0 aromatic carbocycles. The van der Waals surface area contributed by atoms with Crippen molar-refractivity contribution in [2.45, 2.75) is 63.6 Å². The lowest BCUT2D eigenvalue weighted by atomic mass is 9.83. The number of halogens is 1. The molecular weight excluding hydrogens is 461 g/mol. The first kappa shape index (κ1) is 26.3. The molecule has 9 heteroatoms. The summed E-state index contributed by atoms with van der Waals surface area (Å²) in [7, 11) is 1.72. The molecule has 36 heavy (non-hydrogen) atoms.